The molecule has 1 fully saturated rings. The van der Waals surface area contributed by atoms with Gasteiger partial charge in [0.1, 0.15) is 5.82 Å². The van der Waals surface area contributed by atoms with Gasteiger partial charge in [0.2, 0.25) is 0 Å². The lowest BCUT2D eigenvalue weighted by Crippen LogP contribution is -2.14. The van der Waals surface area contributed by atoms with Crippen molar-refractivity contribution in [3.05, 3.63) is 53.3 Å². The summed E-state index contributed by atoms with van der Waals surface area (Å²) < 4.78 is 1.80. The largest absolute Gasteiger partial charge is 0.387 e. The smallest absolute Gasteiger partial charge is 0.178 e. The van der Waals surface area contributed by atoms with E-state index in [4.69, 9.17) is 0 Å². The summed E-state index contributed by atoms with van der Waals surface area (Å²) in [5.41, 5.74) is 2.80. The Kier molecular flexibility index (Phi) is 3.46. The summed E-state index contributed by atoms with van der Waals surface area (Å²) in [6, 6.07) is 11.7. The van der Waals surface area contributed by atoms with Crippen LogP contribution in [0.15, 0.2) is 36.4 Å². The quantitative estimate of drug-likeness (QED) is 0.757. The highest BCUT2D eigenvalue weighted by atomic mass is 16.3. The van der Waals surface area contributed by atoms with Crippen LogP contribution in [0.1, 0.15) is 41.8 Å². The maximum absolute atomic E-state index is 10.3. The molecular weight excluding hydrogens is 290 g/mol. The molecule has 2 N–H and O–H groups in total. The number of anilines is 1. The number of aliphatic hydroxyl groups excluding tert-OH is 1. The number of fused-ring (bicyclic) bond motifs is 1. The van der Waals surface area contributed by atoms with Crippen LogP contribution in [0.25, 0.3) is 5.65 Å². The first-order valence-electron chi connectivity index (χ1n) is 7.91. The third-order valence-corrected chi connectivity index (χ3v) is 4.13. The fourth-order valence-electron chi connectivity index (χ4n) is 2.69. The maximum atomic E-state index is 10.3. The average Bonchev–Trinajstić information content (AvgIpc) is 3.32. The first kappa shape index (κ1) is 14.1. The summed E-state index contributed by atoms with van der Waals surface area (Å²) in [5, 5.41) is 26.4. The van der Waals surface area contributed by atoms with Gasteiger partial charge >= 0.3 is 0 Å². The van der Waals surface area contributed by atoms with Gasteiger partial charge < -0.3 is 10.4 Å². The second-order valence-corrected chi connectivity index (χ2v) is 6.13. The minimum absolute atomic E-state index is 0.406. The molecule has 1 aliphatic rings. The van der Waals surface area contributed by atoms with E-state index in [1.165, 1.54) is 0 Å². The van der Waals surface area contributed by atoms with E-state index < -0.39 is 6.10 Å². The van der Waals surface area contributed by atoms with Crippen LogP contribution in [0.5, 0.6) is 0 Å². The fraction of sp³-hybridized carbons (Fsp3) is 0.353. The molecule has 1 saturated carbocycles. The molecule has 0 radical (unpaired) electrons. The van der Waals surface area contributed by atoms with Gasteiger partial charge in [-0.3, -0.25) is 0 Å². The molecule has 2 heterocycles. The fourth-order valence-corrected chi connectivity index (χ4v) is 2.69. The van der Waals surface area contributed by atoms with Crippen LogP contribution in [0.3, 0.4) is 0 Å². The SMILES string of the molecule is Cc1cccc(C(O)CNc2ccc3nnc(C4CC4)n3n2)c1. The molecule has 0 bridgehead atoms. The van der Waals surface area contributed by atoms with Crippen molar-refractivity contribution in [2.24, 2.45) is 0 Å². The van der Waals surface area contributed by atoms with Crippen molar-refractivity contribution in [1.82, 2.24) is 19.8 Å². The minimum Gasteiger partial charge on any atom is -0.387 e. The maximum Gasteiger partial charge on any atom is 0.178 e. The zero-order chi connectivity index (χ0) is 15.8. The second kappa shape index (κ2) is 5.62. The lowest BCUT2D eigenvalue weighted by molar-refractivity contribution is 0.191. The Morgan fingerprint density at radius 3 is 2.91 bits per heavy atom. The highest BCUT2D eigenvalue weighted by molar-refractivity contribution is 5.44. The van der Waals surface area contributed by atoms with Gasteiger partial charge in [0.15, 0.2) is 11.5 Å². The minimum atomic E-state index is -0.573. The third kappa shape index (κ3) is 2.90. The summed E-state index contributed by atoms with van der Waals surface area (Å²) in [7, 11) is 0. The molecule has 1 atom stereocenters. The number of rotatable bonds is 5. The van der Waals surface area contributed by atoms with Crippen LogP contribution in [-0.4, -0.2) is 31.5 Å². The molecule has 6 nitrogen and oxygen atoms in total. The van der Waals surface area contributed by atoms with Crippen molar-refractivity contribution >= 4 is 11.5 Å². The van der Waals surface area contributed by atoms with Crippen molar-refractivity contribution in [1.29, 1.82) is 0 Å². The van der Waals surface area contributed by atoms with E-state index in [0.29, 0.717) is 18.3 Å². The van der Waals surface area contributed by atoms with Crippen LogP contribution in [0.4, 0.5) is 5.82 Å². The van der Waals surface area contributed by atoms with Crippen molar-refractivity contribution in [3.63, 3.8) is 0 Å². The van der Waals surface area contributed by atoms with Crippen LogP contribution >= 0.6 is 0 Å². The molecule has 2 aromatic heterocycles. The molecule has 0 amide bonds. The Balaban J connectivity index is 1.50. The van der Waals surface area contributed by atoms with Crippen molar-refractivity contribution in [2.75, 3.05) is 11.9 Å². The van der Waals surface area contributed by atoms with E-state index >= 15 is 0 Å². The van der Waals surface area contributed by atoms with E-state index in [2.05, 4.69) is 20.6 Å². The van der Waals surface area contributed by atoms with E-state index in [1.54, 1.807) is 4.52 Å². The van der Waals surface area contributed by atoms with Crippen LogP contribution < -0.4 is 5.32 Å². The Morgan fingerprint density at radius 2 is 2.13 bits per heavy atom. The number of nitrogens with zero attached hydrogens (tertiary/aromatic N) is 4. The monoisotopic (exact) mass is 309 g/mol. The van der Waals surface area contributed by atoms with Crippen molar-refractivity contribution < 1.29 is 5.11 Å². The number of aromatic nitrogens is 4. The number of nitrogens with one attached hydrogen (secondary N) is 1. The molecule has 1 unspecified atom stereocenters. The first-order chi connectivity index (χ1) is 11.2. The van der Waals surface area contributed by atoms with Gasteiger partial charge in [-0.15, -0.1) is 15.3 Å². The molecule has 0 aliphatic heterocycles. The summed E-state index contributed by atoms with van der Waals surface area (Å²) in [6.07, 6.45) is 1.74. The van der Waals surface area contributed by atoms with Crippen LogP contribution in [0, 0.1) is 6.92 Å². The second-order valence-electron chi connectivity index (χ2n) is 6.13. The normalized spacial score (nSPS) is 15.7. The Hall–Kier alpha value is -2.47. The van der Waals surface area contributed by atoms with Gasteiger partial charge in [-0.1, -0.05) is 29.8 Å². The molecule has 23 heavy (non-hydrogen) atoms. The number of aliphatic hydroxyl groups is 1. The van der Waals surface area contributed by atoms with Crippen LogP contribution in [-0.2, 0) is 0 Å². The standard InChI is InChI=1S/C17H19N5O/c1-11-3-2-4-13(9-11)14(23)10-18-15-7-8-16-19-20-17(12-5-6-12)22(16)21-15/h2-4,7-9,12,14,23H,5-6,10H2,1H3,(H,18,21). The number of hydrogen-bond donors (Lipinski definition) is 2. The molecule has 0 spiro atoms. The molecule has 1 aromatic carbocycles. The summed E-state index contributed by atoms with van der Waals surface area (Å²) in [4.78, 5) is 0. The molecule has 1 aliphatic carbocycles. The summed E-state index contributed by atoms with van der Waals surface area (Å²) in [5.74, 6) is 2.14. The van der Waals surface area contributed by atoms with Gasteiger partial charge in [0.05, 0.1) is 6.10 Å². The van der Waals surface area contributed by atoms with Gasteiger partial charge in [0, 0.05) is 12.5 Å². The van der Waals surface area contributed by atoms with E-state index in [-0.39, 0.29) is 0 Å². The number of hydrogen-bond acceptors (Lipinski definition) is 5. The zero-order valence-corrected chi connectivity index (χ0v) is 13.0. The Labute approximate surface area is 134 Å². The van der Waals surface area contributed by atoms with Crippen molar-refractivity contribution in [3.8, 4) is 0 Å². The van der Waals surface area contributed by atoms with Crippen LogP contribution in [0.2, 0.25) is 0 Å². The predicted octanol–water partition coefficient (Wildman–Crippen LogP) is 2.46. The lowest BCUT2D eigenvalue weighted by Gasteiger charge is -2.13. The highest BCUT2D eigenvalue weighted by Gasteiger charge is 2.29. The molecule has 4 rings (SSSR count). The lowest BCUT2D eigenvalue weighted by atomic mass is 10.1. The zero-order valence-electron chi connectivity index (χ0n) is 13.0. The molecular formula is C17H19N5O. The van der Waals surface area contributed by atoms with E-state index in [9.17, 15) is 5.11 Å². The molecule has 6 heteroatoms. The summed E-state index contributed by atoms with van der Waals surface area (Å²) >= 11 is 0. The van der Waals surface area contributed by atoms with E-state index in [0.717, 1.165) is 35.4 Å². The molecule has 118 valence electrons. The first-order valence-corrected chi connectivity index (χ1v) is 7.91. The highest BCUT2D eigenvalue weighted by Crippen LogP contribution is 2.38. The van der Waals surface area contributed by atoms with Gasteiger partial charge in [0.25, 0.3) is 0 Å². The Bertz CT molecular complexity index is 840. The van der Waals surface area contributed by atoms with Gasteiger partial charge in [-0.2, -0.15) is 4.52 Å². The van der Waals surface area contributed by atoms with E-state index in [1.807, 2.05) is 43.3 Å². The predicted molar refractivity (Wildman–Crippen MR) is 87.4 cm³/mol. The number of benzene rings is 1. The number of aryl methyl sites for hydroxylation is 1. The van der Waals surface area contributed by atoms with Gasteiger partial charge in [-0.05, 0) is 37.5 Å². The molecule has 3 aromatic rings. The summed E-state index contributed by atoms with van der Waals surface area (Å²) in [6.45, 7) is 2.42. The molecule has 0 saturated heterocycles. The van der Waals surface area contributed by atoms with Gasteiger partial charge in [-0.25, -0.2) is 0 Å². The Morgan fingerprint density at radius 1 is 1.26 bits per heavy atom. The topological polar surface area (TPSA) is 75.3 Å². The van der Waals surface area contributed by atoms with Crippen molar-refractivity contribution in [2.45, 2.75) is 31.8 Å². The average molecular weight is 309 g/mol. The third-order valence-electron chi connectivity index (χ3n) is 4.13.